The first-order valence-electron chi connectivity index (χ1n) is 6.11. The highest BCUT2D eigenvalue weighted by atomic mass is 16.4. The fourth-order valence-corrected chi connectivity index (χ4v) is 2.57. The SMILES string of the molecule is CCC1(C(=O)N[C@@H]2CC[C@H](C(=O)O)C2)CC1. The minimum atomic E-state index is -0.728. The van der Waals surface area contributed by atoms with Gasteiger partial charge in [0.05, 0.1) is 5.92 Å². The molecule has 0 unspecified atom stereocenters. The van der Waals surface area contributed by atoms with Crippen LogP contribution in [-0.2, 0) is 9.59 Å². The summed E-state index contributed by atoms with van der Waals surface area (Å²) < 4.78 is 0. The Bertz CT molecular complexity index is 309. The van der Waals surface area contributed by atoms with Gasteiger partial charge in [-0.05, 0) is 38.5 Å². The second-order valence-electron chi connectivity index (χ2n) is 5.15. The fraction of sp³-hybridized carbons (Fsp3) is 0.833. The number of carboxylic acid groups (broad SMARTS) is 1. The van der Waals surface area contributed by atoms with Crippen molar-refractivity contribution in [1.82, 2.24) is 5.32 Å². The molecule has 16 heavy (non-hydrogen) atoms. The second-order valence-corrected chi connectivity index (χ2v) is 5.15. The molecule has 1 amide bonds. The van der Waals surface area contributed by atoms with E-state index in [2.05, 4.69) is 5.32 Å². The van der Waals surface area contributed by atoms with Gasteiger partial charge in [-0.15, -0.1) is 0 Å². The van der Waals surface area contributed by atoms with Gasteiger partial charge < -0.3 is 10.4 Å². The quantitative estimate of drug-likeness (QED) is 0.762. The van der Waals surface area contributed by atoms with Gasteiger partial charge in [-0.25, -0.2) is 0 Å². The van der Waals surface area contributed by atoms with Crippen LogP contribution in [0.4, 0.5) is 0 Å². The summed E-state index contributed by atoms with van der Waals surface area (Å²) in [6.07, 6.45) is 4.98. The Morgan fingerprint density at radius 2 is 2.06 bits per heavy atom. The molecule has 90 valence electrons. The highest BCUT2D eigenvalue weighted by Crippen LogP contribution is 2.49. The number of rotatable bonds is 4. The first kappa shape index (κ1) is 11.4. The van der Waals surface area contributed by atoms with E-state index >= 15 is 0 Å². The van der Waals surface area contributed by atoms with Crippen LogP contribution >= 0.6 is 0 Å². The van der Waals surface area contributed by atoms with Crippen LogP contribution in [0.5, 0.6) is 0 Å². The van der Waals surface area contributed by atoms with E-state index < -0.39 is 5.97 Å². The molecular weight excluding hydrogens is 206 g/mol. The first-order valence-corrected chi connectivity index (χ1v) is 6.11. The standard InChI is InChI=1S/C12H19NO3/c1-2-12(5-6-12)11(16)13-9-4-3-8(7-9)10(14)15/h8-9H,2-7H2,1H3,(H,13,16)(H,14,15)/t8-,9+/m0/s1. The predicted molar refractivity (Wildman–Crippen MR) is 58.9 cm³/mol. The van der Waals surface area contributed by atoms with Gasteiger partial charge in [0.2, 0.25) is 5.91 Å². The Kier molecular flexibility index (Phi) is 2.91. The van der Waals surface area contributed by atoms with E-state index in [-0.39, 0.29) is 23.3 Å². The van der Waals surface area contributed by atoms with Crippen molar-refractivity contribution in [1.29, 1.82) is 0 Å². The van der Waals surface area contributed by atoms with Crippen LogP contribution < -0.4 is 5.32 Å². The fourth-order valence-electron chi connectivity index (χ4n) is 2.57. The summed E-state index contributed by atoms with van der Waals surface area (Å²) in [6, 6.07) is 0.0811. The number of aliphatic carboxylic acids is 1. The van der Waals surface area contributed by atoms with Crippen LogP contribution in [0.15, 0.2) is 0 Å². The summed E-state index contributed by atoms with van der Waals surface area (Å²) in [5.74, 6) is -0.846. The molecule has 2 atom stereocenters. The largest absolute Gasteiger partial charge is 0.481 e. The molecule has 0 spiro atoms. The van der Waals surface area contributed by atoms with Crippen molar-refractivity contribution in [3.05, 3.63) is 0 Å². The first-order chi connectivity index (χ1) is 7.57. The average Bonchev–Trinajstić information content (AvgIpc) is 2.92. The lowest BCUT2D eigenvalue weighted by Crippen LogP contribution is -2.38. The maximum absolute atomic E-state index is 11.9. The molecule has 0 bridgehead atoms. The van der Waals surface area contributed by atoms with Gasteiger partial charge in [0, 0.05) is 11.5 Å². The molecule has 2 fully saturated rings. The molecule has 2 N–H and O–H groups in total. The van der Waals surface area contributed by atoms with Gasteiger partial charge in [0.25, 0.3) is 0 Å². The molecule has 0 aromatic heterocycles. The minimum Gasteiger partial charge on any atom is -0.481 e. The van der Waals surface area contributed by atoms with Crippen LogP contribution in [0.3, 0.4) is 0 Å². The monoisotopic (exact) mass is 225 g/mol. The molecule has 0 radical (unpaired) electrons. The number of carboxylic acids is 1. The molecular formula is C12H19NO3. The molecule has 0 saturated heterocycles. The van der Waals surface area contributed by atoms with Gasteiger partial charge in [0.1, 0.15) is 0 Å². The van der Waals surface area contributed by atoms with Gasteiger partial charge in [-0.2, -0.15) is 0 Å². The molecule has 4 heteroatoms. The molecule has 0 heterocycles. The average molecular weight is 225 g/mol. The number of amides is 1. The second kappa shape index (κ2) is 4.07. The van der Waals surface area contributed by atoms with Crippen molar-refractivity contribution in [2.75, 3.05) is 0 Å². The van der Waals surface area contributed by atoms with Crippen molar-refractivity contribution in [2.45, 2.75) is 51.5 Å². The van der Waals surface area contributed by atoms with E-state index in [9.17, 15) is 9.59 Å². The minimum absolute atomic E-state index is 0.0811. The number of carbonyl (C=O) groups excluding carboxylic acids is 1. The van der Waals surface area contributed by atoms with Crippen LogP contribution in [0.2, 0.25) is 0 Å². The van der Waals surface area contributed by atoms with Crippen molar-refractivity contribution >= 4 is 11.9 Å². The zero-order valence-electron chi connectivity index (χ0n) is 9.66. The van der Waals surface area contributed by atoms with Crippen molar-refractivity contribution in [3.63, 3.8) is 0 Å². The number of hydrogen-bond acceptors (Lipinski definition) is 2. The maximum Gasteiger partial charge on any atom is 0.306 e. The van der Waals surface area contributed by atoms with Crippen LogP contribution in [0.1, 0.15) is 45.4 Å². The molecule has 2 saturated carbocycles. The van der Waals surface area contributed by atoms with E-state index in [1.807, 2.05) is 6.92 Å². The third kappa shape index (κ3) is 2.06. The van der Waals surface area contributed by atoms with Crippen LogP contribution in [0.25, 0.3) is 0 Å². The molecule has 0 aromatic carbocycles. The third-order valence-corrected chi connectivity index (χ3v) is 4.13. The van der Waals surface area contributed by atoms with E-state index in [0.29, 0.717) is 12.8 Å². The zero-order chi connectivity index (χ0) is 11.8. The Morgan fingerprint density at radius 3 is 2.50 bits per heavy atom. The molecule has 2 aliphatic rings. The third-order valence-electron chi connectivity index (χ3n) is 4.13. The van der Waals surface area contributed by atoms with E-state index in [1.54, 1.807) is 0 Å². The Balaban J connectivity index is 1.83. The van der Waals surface area contributed by atoms with Crippen molar-refractivity contribution in [3.8, 4) is 0 Å². The molecule has 0 aromatic rings. The smallest absolute Gasteiger partial charge is 0.306 e. The van der Waals surface area contributed by atoms with Crippen LogP contribution in [-0.4, -0.2) is 23.0 Å². The summed E-state index contributed by atoms with van der Waals surface area (Å²) in [5.41, 5.74) is -0.110. The zero-order valence-corrected chi connectivity index (χ0v) is 9.66. The predicted octanol–water partition coefficient (Wildman–Crippen LogP) is 1.55. The lowest BCUT2D eigenvalue weighted by atomic mass is 10.0. The molecule has 2 aliphatic carbocycles. The van der Waals surface area contributed by atoms with Crippen LogP contribution in [0, 0.1) is 11.3 Å². The summed E-state index contributed by atoms with van der Waals surface area (Å²) >= 11 is 0. The Morgan fingerprint density at radius 1 is 1.38 bits per heavy atom. The molecule has 0 aliphatic heterocycles. The Labute approximate surface area is 95.4 Å². The normalized spacial score (nSPS) is 31.1. The van der Waals surface area contributed by atoms with Crippen molar-refractivity contribution in [2.24, 2.45) is 11.3 Å². The van der Waals surface area contributed by atoms with Gasteiger partial charge in [0.15, 0.2) is 0 Å². The van der Waals surface area contributed by atoms with E-state index in [4.69, 9.17) is 5.11 Å². The van der Waals surface area contributed by atoms with E-state index in [0.717, 1.165) is 25.7 Å². The summed E-state index contributed by atoms with van der Waals surface area (Å²) in [6.45, 7) is 2.04. The highest BCUT2D eigenvalue weighted by molar-refractivity contribution is 5.85. The summed E-state index contributed by atoms with van der Waals surface area (Å²) in [7, 11) is 0. The van der Waals surface area contributed by atoms with Gasteiger partial charge in [-0.3, -0.25) is 9.59 Å². The topological polar surface area (TPSA) is 66.4 Å². The van der Waals surface area contributed by atoms with Crippen molar-refractivity contribution < 1.29 is 14.7 Å². The van der Waals surface area contributed by atoms with Gasteiger partial charge in [-0.1, -0.05) is 6.92 Å². The number of nitrogens with one attached hydrogen (secondary N) is 1. The molecule has 2 rings (SSSR count). The Hall–Kier alpha value is -1.06. The number of hydrogen-bond donors (Lipinski definition) is 2. The maximum atomic E-state index is 11.9. The highest BCUT2D eigenvalue weighted by Gasteiger charge is 2.48. The summed E-state index contributed by atoms with van der Waals surface area (Å²) in [4.78, 5) is 22.7. The van der Waals surface area contributed by atoms with Gasteiger partial charge >= 0.3 is 5.97 Å². The number of carbonyl (C=O) groups is 2. The van der Waals surface area contributed by atoms with E-state index in [1.165, 1.54) is 0 Å². The lowest BCUT2D eigenvalue weighted by Gasteiger charge is -2.17. The molecule has 4 nitrogen and oxygen atoms in total. The summed E-state index contributed by atoms with van der Waals surface area (Å²) in [5, 5.41) is 11.9. The lowest BCUT2D eigenvalue weighted by molar-refractivity contribution is -0.141.